The van der Waals surface area contributed by atoms with Gasteiger partial charge in [-0.05, 0) is 54.1 Å². The normalized spacial score (nSPS) is 16.8. The van der Waals surface area contributed by atoms with Crippen molar-refractivity contribution >= 4 is 17.5 Å². The van der Waals surface area contributed by atoms with E-state index in [-0.39, 0.29) is 0 Å². The van der Waals surface area contributed by atoms with Gasteiger partial charge in [0.25, 0.3) is 0 Å². The maximum absolute atomic E-state index is 12.3. The number of carbonyl (C=O) groups is 2. The maximum Gasteiger partial charge on any atom is 0.313 e. The van der Waals surface area contributed by atoms with E-state index in [1.54, 1.807) is 19.2 Å². The highest BCUT2D eigenvalue weighted by molar-refractivity contribution is 6.39. The molecule has 1 unspecified atom stereocenters. The fourth-order valence-electron chi connectivity index (χ4n) is 3.90. The number of piperidine rings is 1. The molecule has 2 N–H and O–H groups in total. The van der Waals surface area contributed by atoms with Gasteiger partial charge < -0.3 is 15.4 Å². The van der Waals surface area contributed by atoms with Crippen LogP contribution in [0.1, 0.15) is 36.5 Å². The Kier molecular flexibility index (Phi) is 7.99. The standard InChI is InChI=1S/C24H31N3O3/c1-18-7-6-12-27(15-18)16-21-10-4-3-9-20(21)14-25-23(28)24(29)26-22-11-5-8-19(13-22)17-30-2/h3-5,8-11,13,18H,6-7,12,14-17H2,1-2H3,(H,25,28)(H,26,29). The summed E-state index contributed by atoms with van der Waals surface area (Å²) in [6.45, 7) is 6.15. The van der Waals surface area contributed by atoms with Crippen LogP contribution in [0.15, 0.2) is 48.5 Å². The lowest BCUT2D eigenvalue weighted by atomic mass is 9.99. The van der Waals surface area contributed by atoms with E-state index in [1.807, 2.05) is 30.3 Å². The number of anilines is 1. The van der Waals surface area contributed by atoms with Gasteiger partial charge in [0, 0.05) is 32.4 Å². The van der Waals surface area contributed by atoms with Crippen molar-refractivity contribution in [2.45, 2.75) is 39.5 Å². The van der Waals surface area contributed by atoms with E-state index in [1.165, 1.54) is 18.4 Å². The summed E-state index contributed by atoms with van der Waals surface area (Å²) in [5.74, 6) is -0.600. The number of amides is 2. The van der Waals surface area contributed by atoms with Gasteiger partial charge in [-0.1, -0.05) is 43.3 Å². The van der Waals surface area contributed by atoms with Crippen molar-refractivity contribution in [1.82, 2.24) is 10.2 Å². The Labute approximate surface area is 178 Å². The minimum Gasteiger partial charge on any atom is -0.380 e. The topological polar surface area (TPSA) is 70.7 Å². The molecule has 6 heteroatoms. The molecule has 30 heavy (non-hydrogen) atoms. The highest BCUT2D eigenvalue weighted by Gasteiger charge is 2.18. The molecule has 2 aromatic carbocycles. The molecule has 3 rings (SSSR count). The Bertz CT molecular complexity index is 868. The molecule has 160 valence electrons. The van der Waals surface area contributed by atoms with Gasteiger partial charge in [0.05, 0.1) is 6.61 Å². The number of methoxy groups -OCH3 is 1. The lowest BCUT2D eigenvalue weighted by Crippen LogP contribution is -2.36. The first-order valence-electron chi connectivity index (χ1n) is 10.5. The monoisotopic (exact) mass is 409 g/mol. The molecule has 6 nitrogen and oxygen atoms in total. The minimum absolute atomic E-state index is 0.329. The van der Waals surface area contributed by atoms with Crippen LogP contribution in [0.4, 0.5) is 5.69 Å². The maximum atomic E-state index is 12.3. The molecule has 0 bridgehead atoms. The van der Waals surface area contributed by atoms with Crippen LogP contribution >= 0.6 is 0 Å². The van der Waals surface area contributed by atoms with Crippen LogP contribution < -0.4 is 10.6 Å². The lowest BCUT2D eigenvalue weighted by molar-refractivity contribution is -0.136. The Balaban J connectivity index is 1.55. The summed E-state index contributed by atoms with van der Waals surface area (Å²) in [4.78, 5) is 27.1. The number of nitrogens with zero attached hydrogens (tertiary/aromatic N) is 1. The van der Waals surface area contributed by atoms with Gasteiger partial charge in [0.15, 0.2) is 0 Å². The third kappa shape index (κ3) is 6.40. The van der Waals surface area contributed by atoms with Crippen LogP contribution in [0.3, 0.4) is 0 Å². The van der Waals surface area contributed by atoms with Crippen LogP contribution in [0.25, 0.3) is 0 Å². The van der Waals surface area contributed by atoms with E-state index < -0.39 is 11.8 Å². The number of ether oxygens (including phenoxy) is 1. The number of hydrogen-bond acceptors (Lipinski definition) is 4. The second kappa shape index (κ2) is 10.9. The number of carbonyl (C=O) groups excluding carboxylic acids is 2. The van der Waals surface area contributed by atoms with Gasteiger partial charge in [-0.25, -0.2) is 0 Å². The smallest absolute Gasteiger partial charge is 0.313 e. The van der Waals surface area contributed by atoms with Crippen molar-refractivity contribution in [1.29, 1.82) is 0 Å². The SMILES string of the molecule is COCc1cccc(NC(=O)C(=O)NCc2ccccc2CN2CCCC(C)C2)c1. The zero-order valence-electron chi connectivity index (χ0n) is 17.8. The number of benzene rings is 2. The second-order valence-electron chi connectivity index (χ2n) is 8.02. The molecule has 0 radical (unpaired) electrons. The van der Waals surface area contributed by atoms with Crippen LogP contribution in [-0.4, -0.2) is 36.9 Å². The first kappa shape index (κ1) is 22.0. The molecule has 0 saturated carbocycles. The Morgan fingerprint density at radius 3 is 2.67 bits per heavy atom. The van der Waals surface area contributed by atoms with Gasteiger partial charge in [-0.15, -0.1) is 0 Å². The molecule has 1 aliphatic heterocycles. The van der Waals surface area contributed by atoms with E-state index in [2.05, 4.69) is 28.5 Å². The minimum atomic E-state index is -0.674. The average Bonchev–Trinajstić information content (AvgIpc) is 2.73. The second-order valence-corrected chi connectivity index (χ2v) is 8.02. The molecule has 2 amide bonds. The number of likely N-dealkylation sites (tertiary alicyclic amines) is 1. The summed E-state index contributed by atoms with van der Waals surface area (Å²) in [6, 6.07) is 15.4. The Hall–Kier alpha value is -2.70. The van der Waals surface area contributed by atoms with E-state index in [9.17, 15) is 9.59 Å². The molecular weight excluding hydrogens is 378 g/mol. The number of rotatable bonds is 7. The first-order valence-corrected chi connectivity index (χ1v) is 10.5. The van der Waals surface area contributed by atoms with Crippen molar-refractivity contribution in [2.24, 2.45) is 5.92 Å². The fraction of sp³-hybridized carbons (Fsp3) is 0.417. The van der Waals surface area contributed by atoms with Crippen LogP contribution in [0.2, 0.25) is 0 Å². The molecule has 1 aliphatic rings. The number of nitrogens with one attached hydrogen (secondary N) is 2. The van der Waals surface area contributed by atoms with Crippen molar-refractivity contribution in [2.75, 3.05) is 25.5 Å². The third-order valence-electron chi connectivity index (χ3n) is 5.39. The van der Waals surface area contributed by atoms with Gasteiger partial charge in [-0.3, -0.25) is 14.5 Å². The highest BCUT2D eigenvalue weighted by Crippen LogP contribution is 2.19. The van der Waals surface area contributed by atoms with E-state index in [0.717, 1.165) is 36.7 Å². The van der Waals surface area contributed by atoms with Crippen molar-refractivity contribution in [3.63, 3.8) is 0 Å². The van der Waals surface area contributed by atoms with E-state index in [4.69, 9.17) is 4.74 Å². The summed E-state index contributed by atoms with van der Waals surface area (Å²) >= 11 is 0. The van der Waals surface area contributed by atoms with E-state index in [0.29, 0.717) is 18.8 Å². The molecule has 0 aliphatic carbocycles. The summed E-state index contributed by atoms with van der Waals surface area (Å²) in [7, 11) is 1.61. The zero-order chi connectivity index (χ0) is 21.3. The zero-order valence-corrected chi connectivity index (χ0v) is 17.8. The van der Waals surface area contributed by atoms with Crippen molar-refractivity contribution in [3.05, 3.63) is 65.2 Å². The summed E-state index contributed by atoms with van der Waals surface area (Å²) in [5.41, 5.74) is 3.74. The molecule has 1 heterocycles. The molecule has 1 fully saturated rings. The van der Waals surface area contributed by atoms with Gasteiger partial charge in [0.1, 0.15) is 0 Å². The van der Waals surface area contributed by atoms with Crippen molar-refractivity contribution in [3.8, 4) is 0 Å². The molecule has 0 aromatic heterocycles. The predicted octanol–water partition coefficient (Wildman–Crippen LogP) is 3.32. The highest BCUT2D eigenvalue weighted by atomic mass is 16.5. The van der Waals surface area contributed by atoms with Crippen LogP contribution in [-0.2, 0) is 34.0 Å². The molecule has 1 saturated heterocycles. The Morgan fingerprint density at radius 1 is 1.10 bits per heavy atom. The summed E-state index contributed by atoms with van der Waals surface area (Å²) < 4.78 is 5.10. The molecule has 2 aromatic rings. The fourth-order valence-corrected chi connectivity index (χ4v) is 3.90. The quantitative estimate of drug-likeness (QED) is 0.689. The van der Waals surface area contributed by atoms with Crippen LogP contribution in [0.5, 0.6) is 0 Å². The molecular formula is C24H31N3O3. The Morgan fingerprint density at radius 2 is 1.90 bits per heavy atom. The lowest BCUT2D eigenvalue weighted by Gasteiger charge is -2.31. The van der Waals surface area contributed by atoms with Gasteiger partial charge in [-0.2, -0.15) is 0 Å². The van der Waals surface area contributed by atoms with Crippen molar-refractivity contribution < 1.29 is 14.3 Å². The van der Waals surface area contributed by atoms with Gasteiger partial charge in [0.2, 0.25) is 0 Å². The molecule has 1 atom stereocenters. The summed E-state index contributed by atoms with van der Waals surface area (Å²) in [6.07, 6.45) is 2.52. The first-order chi connectivity index (χ1) is 14.5. The predicted molar refractivity (Wildman–Crippen MR) is 118 cm³/mol. The summed E-state index contributed by atoms with van der Waals surface area (Å²) in [5, 5.41) is 5.40. The average molecular weight is 410 g/mol. The third-order valence-corrected chi connectivity index (χ3v) is 5.39. The van der Waals surface area contributed by atoms with E-state index >= 15 is 0 Å². The largest absolute Gasteiger partial charge is 0.380 e. The molecule has 0 spiro atoms. The number of hydrogen-bond donors (Lipinski definition) is 2. The van der Waals surface area contributed by atoms with Crippen LogP contribution in [0, 0.1) is 5.92 Å². The van der Waals surface area contributed by atoms with Gasteiger partial charge >= 0.3 is 11.8 Å².